The molecule has 0 aromatic rings. The van der Waals surface area contributed by atoms with Gasteiger partial charge in [0.2, 0.25) is 0 Å². The Kier molecular flexibility index (Phi) is 7.59. The zero-order valence-electron chi connectivity index (χ0n) is 7.68. The molecule has 1 nitrogen and oxygen atoms in total. The molecule has 0 aromatic heterocycles. The zero-order chi connectivity index (χ0) is 8.53. The first kappa shape index (κ1) is 10.7. The topological polar surface area (TPSA) is 19.9 Å². The van der Waals surface area contributed by atoms with Crippen LogP contribution in [0.1, 0.15) is 39.5 Å². The predicted molar refractivity (Wildman–Crippen MR) is 48.0 cm³/mol. The van der Waals surface area contributed by atoms with Crippen LogP contribution in [-0.4, -0.2) is 6.61 Å². The highest BCUT2D eigenvalue weighted by Gasteiger charge is 1.97. The van der Waals surface area contributed by atoms with Gasteiger partial charge < -0.3 is 0 Å². The molecular weight excluding hydrogens is 136 g/mol. The molecule has 0 N–H and O–H groups in total. The van der Waals surface area contributed by atoms with Gasteiger partial charge >= 0.3 is 0 Å². The van der Waals surface area contributed by atoms with Crippen molar-refractivity contribution >= 4 is 0 Å². The summed E-state index contributed by atoms with van der Waals surface area (Å²) in [5.74, 6) is 0.270. The second kappa shape index (κ2) is 7.80. The van der Waals surface area contributed by atoms with E-state index >= 15 is 0 Å². The molecule has 0 amide bonds. The van der Waals surface area contributed by atoms with E-state index in [-0.39, 0.29) is 12.5 Å². The maximum atomic E-state index is 10.5. The van der Waals surface area contributed by atoms with Crippen LogP contribution >= 0.6 is 0 Å². The van der Waals surface area contributed by atoms with Gasteiger partial charge in [0.15, 0.2) is 0 Å². The molecule has 1 unspecified atom stereocenters. The van der Waals surface area contributed by atoms with Gasteiger partial charge in [0.25, 0.3) is 0 Å². The monoisotopic (exact) mass is 155 g/mol. The summed E-state index contributed by atoms with van der Waals surface area (Å²) in [7, 11) is 0. The van der Waals surface area contributed by atoms with Crippen molar-refractivity contribution in [3.63, 3.8) is 0 Å². The van der Waals surface area contributed by atoms with Gasteiger partial charge in [0.1, 0.15) is 0 Å². The van der Waals surface area contributed by atoms with Gasteiger partial charge in [0, 0.05) is 5.92 Å². The van der Waals surface area contributed by atoms with E-state index in [1.807, 2.05) is 0 Å². The summed E-state index contributed by atoms with van der Waals surface area (Å²) in [6.45, 7) is 4.28. The fraction of sp³-hybridized carbons (Fsp3) is 0.800. The number of rotatable bonds is 6. The second-order valence-corrected chi connectivity index (χ2v) is 2.91. The van der Waals surface area contributed by atoms with Gasteiger partial charge in [-0.2, -0.15) is 0 Å². The largest absolute Gasteiger partial charge is 0.236 e. The van der Waals surface area contributed by atoms with Crippen LogP contribution in [-0.2, 0) is 5.11 Å². The lowest BCUT2D eigenvalue weighted by atomic mass is 10.1. The summed E-state index contributed by atoms with van der Waals surface area (Å²) >= 11 is 0. The van der Waals surface area contributed by atoms with Gasteiger partial charge in [0.05, 0.1) is 6.61 Å². The molecule has 0 fully saturated rings. The van der Waals surface area contributed by atoms with Crippen LogP contribution in [0.25, 0.3) is 0 Å². The average molecular weight is 155 g/mol. The van der Waals surface area contributed by atoms with Crippen LogP contribution in [0.2, 0.25) is 0 Å². The SMILES string of the molecule is CCCC/C=C/C(CC)C[O]. The minimum atomic E-state index is 0.0408. The van der Waals surface area contributed by atoms with Gasteiger partial charge in [-0.1, -0.05) is 38.8 Å². The lowest BCUT2D eigenvalue weighted by molar-refractivity contribution is 0.160. The highest BCUT2D eigenvalue weighted by Crippen LogP contribution is 2.05. The molecule has 1 heteroatoms. The fourth-order valence-corrected chi connectivity index (χ4v) is 0.920. The fourth-order valence-electron chi connectivity index (χ4n) is 0.920. The van der Waals surface area contributed by atoms with Gasteiger partial charge in [-0.15, -0.1) is 0 Å². The van der Waals surface area contributed by atoms with Crippen molar-refractivity contribution < 1.29 is 5.11 Å². The molecule has 1 atom stereocenters. The Bertz CT molecular complexity index is 93.0. The van der Waals surface area contributed by atoms with Crippen molar-refractivity contribution in [1.82, 2.24) is 0 Å². The van der Waals surface area contributed by atoms with Crippen molar-refractivity contribution in [2.24, 2.45) is 5.92 Å². The van der Waals surface area contributed by atoms with E-state index in [2.05, 4.69) is 26.0 Å². The first-order valence-electron chi connectivity index (χ1n) is 4.59. The Morgan fingerprint density at radius 3 is 2.55 bits per heavy atom. The second-order valence-electron chi connectivity index (χ2n) is 2.91. The Labute approximate surface area is 70.1 Å². The molecule has 0 aliphatic heterocycles. The molecule has 0 rings (SSSR count). The third-order valence-electron chi connectivity index (χ3n) is 1.87. The Hall–Kier alpha value is -0.300. The highest BCUT2D eigenvalue weighted by atomic mass is 16.3. The molecule has 11 heavy (non-hydrogen) atoms. The lowest BCUT2D eigenvalue weighted by Crippen LogP contribution is -1.98. The van der Waals surface area contributed by atoms with Crippen molar-refractivity contribution in [2.75, 3.05) is 6.61 Å². The standard InChI is InChI=1S/C10H19O/c1-3-5-6-7-8-10(4-2)9-11/h7-8,10H,3-6,9H2,1-2H3/b8-7+. The van der Waals surface area contributed by atoms with E-state index in [0.717, 1.165) is 12.8 Å². The quantitative estimate of drug-likeness (QED) is 0.414. The molecule has 0 spiro atoms. The summed E-state index contributed by atoms with van der Waals surface area (Å²) in [5, 5.41) is 10.5. The zero-order valence-corrected chi connectivity index (χ0v) is 7.68. The minimum Gasteiger partial charge on any atom is -0.236 e. The van der Waals surface area contributed by atoms with Crippen LogP contribution in [0, 0.1) is 5.92 Å². The lowest BCUT2D eigenvalue weighted by Gasteiger charge is -2.01. The average Bonchev–Trinajstić information content (AvgIpc) is 2.05. The van der Waals surface area contributed by atoms with Crippen molar-refractivity contribution in [1.29, 1.82) is 0 Å². The van der Waals surface area contributed by atoms with E-state index < -0.39 is 0 Å². The molecule has 0 aliphatic carbocycles. The minimum absolute atomic E-state index is 0.0408. The van der Waals surface area contributed by atoms with Gasteiger partial charge in [-0.25, -0.2) is 5.11 Å². The molecule has 65 valence electrons. The van der Waals surface area contributed by atoms with Gasteiger partial charge in [-0.05, 0) is 12.8 Å². The summed E-state index contributed by atoms with van der Waals surface area (Å²) in [5.41, 5.74) is 0. The molecule has 0 saturated heterocycles. The van der Waals surface area contributed by atoms with E-state index in [0.29, 0.717) is 0 Å². The van der Waals surface area contributed by atoms with Crippen LogP contribution in [0.4, 0.5) is 0 Å². The highest BCUT2D eigenvalue weighted by molar-refractivity contribution is 4.87. The third kappa shape index (κ3) is 6.11. The molecule has 0 aromatic carbocycles. The summed E-state index contributed by atoms with van der Waals surface area (Å²) in [6.07, 6.45) is 8.81. The molecule has 1 radical (unpaired) electrons. The first-order valence-corrected chi connectivity index (χ1v) is 4.59. The van der Waals surface area contributed by atoms with Gasteiger partial charge in [-0.3, -0.25) is 0 Å². The smallest absolute Gasteiger partial charge is 0.0884 e. The molecule has 0 bridgehead atoms. The van der Waals surface area contributed by atoms with Crippen LogP contribution < -0.4 is 0 Å². The normalized spacial score (nSPS) is 14.1. The maximum Gasteiger partial charge on any atom is 0.0884 e. The number of hydrogen-bond donors (Lipinski definition) is 0. The Morgan fingerprint density at radius 1 is 1.36 bits per heavy atom. The van der Waals surface area contributed by atoms with Crippen LogP contribution in [0.15, 0.2) is 12.2 Å². The van der Waals surface area contributed by atoms with E-state index in [9.17, 15) is 5.11 Å². The van der Waals surface area contributed by atoms with E-state index in [4.69, 9.17) is 0 Å². The Balaban J connectivity index is 3.36. The first-order chi connectivity index (χ1) is 5.35. The molecule has 0 aliphatic rings. The van der Waals surface area contributed by atoms with E-state index in [1.165, 1.54) is 12.8 Å². The Morgan fingerprint density at radius 2 is 2.09 bits per heavy atom. The van der Waals surface area contributed by atoms with Crippen molar-refractivity contribution in [3.05, 3.63) is 12.2 Å². The molecule has 0 saturated carbocycles. The third-order valence-corrected chi connectivity index (χ3v) is 1.87. The summed E-state index contributed by atoms with van der Waals surface area (Å²) < 4.78 is 0. The number of hydrogen-bond acceptors (Lipinski definition) is 0. The molecule has 0 heterocycles. The van der Waals surface area contributed by atoms with Crippen molar-refractivity contribution in [3.8, 4) is 0 Å². The summed E-state index contributed by atoms with van der Waals surface area (Å²) in [4.78, 5) is 0. The van der Waals surface area contributed by atoms with Crippen LogP contribution in [0.5, 0.6) is 0 Å². The van der Waals surface area contributed by atoms with Crippen LogP contribution in [0.3, 0.4) is 0 Å². The summed E-state index contributed by atoms with van der Waals surface area (Å²) in [6, 6.07) is 0. The number of allylic oxidation sites excluding steroid dienone is 1. The molecular formula is C10H19O. The predicted octanol–water partition coefficient (Wildman–Crippen LogP) is 3.19. The maximum absolute atomic E-state index is 10.5. The van der Waals surface area contributed by atoms with Crippen molar-refractivity contribution in [2.45, 2.75) is 39.5 Å². The van der Waals surface area contributed by atoms with E-state index in [1.54, 1.807) is 0 Å². The number of unbranched alkanes of at least 4 members (excludes halogenated alkanes) is 2.